The van der Waals surface area contributed by atoms with Crippen LogP contribution in [0.15, 0.2) is 48.5 Å². The molecule has 3 rings (SSSR count). The molecule has 0 aromatic heterocycles. The van der Waals surface area contributed by atoms with Gasteiger partial charge in [0, 0.05) is 5.69 Å². The molecule has 3 N–H and O–H groups in total. The molecule has 0 heterocycles. The Hall–Kier alpha value is -2.49. The maximum atomic E-state index is 10.7. The van der Waals surface area contributed by atoms with Gasteiger partial charge in [0.1, 0.15) is 5.75 Å². The average molecular weight is 282 g/mol. The lowest BCUT2D eigenvalue weighted by molar-refractivity contribution is -0.119. The molecule has 2 aromatic rings. The van der Waals surface area contributed by atoms with Gasteiger partial charge >= 0.3 is 0 Å². The lowest BCUT2D eigenvalue weighted by Gasteiger charge is -2.16. The van der Waals surface area contributed by atoms with Crippen molar-refractivity contribution in [2.24, 2.45) is 5.73 Å². The highest BCUT2D eigenvalue weighted by molar-refractivity contribution is 5.75. The summed E-state index contributed by atoms with van der Waals surface area (Å²) in [5, 5.41) is 3.54. The van der Waals surface area contributed by atoms with Gasteiger partial charge < -0.3 is 15.8 Å². The van der Waals surface area contributed by atoms with Crippen molar-refractivity contribution in [3.05, 3.63) is 59.7 Å². The van der Waals surface area contributed by atoms with E-state index in [1.807, 2.05) is 24.3 Å². The van der Waals surface area contributed by atoms with Crippen LogP contribution in [0, 0.1) is 0 Å². The van der Waals surface area contributed by atoms with Crippen LogP contribution in [0.2, 0.25) is 0 Å². The van der Waals surface area contributed by atoms with Crippen LogP contribution in [0.25, 0.3) is 0 Å². The molecule has 108 valence electrons. The fraction of sp³-hybridized carbons (Fsp3) is 0.235. The van der Waals surface area contributed by atoms with Crippen LogP contribution >= 0.6 is 0 Å². The molecule has 0 radical (unpaired) electrons. The molecule has 0 aliphatic heterocycles. The third kappa shape index (κ3) is 3.16. The van der Waals surface area contributed by atoms with Crippen molar-refractivity contribution in [3.63, 3.8) is 0 Å². The number of hydrogen-bond acceptors (Lipinski definition) is 3. The fourth-order valence-electron chi connectivity index (χ4n) is 2.71. The molecule has 4 nitrogen and oxygen atoms in total. The molecular formula is C17H18N2O2. The summed E-state index contributed by atoms with van der Waals surface area (Å²) in [6.07, 6.45) is 2.23. The molecule has 0 fully saturated rings. The number of fused-ring (bicyclic) bond motifs is 1. The third-order valence-electron chi connectivity index (χ3n) is 3.71. The second-order valence-electron chi connectivity index (χ2n) is 5.21. The van der Waals surface area contributed by atoms with E-state index in [0.717, 1.165) is 18.5 Å². The number of carbonyl (C=O) groups excluding carboxylic acids is 1. The quantitative estimate of drug-likeness (QED) is 0.886. The summed E-state index contributed by atoms with van der Waals surface area (Å²) < 4.78 is 5.25. The first-order valence-electron chi connectivity index (χ1n) is 7.08. The number of amides is 1. The third-order valence-corrected chi connectivity index (χ3v) is 3.71. The van der Waals surface area contributed by atoms with Crippen LogP contribution in [0.3, 0.4) is 0 Å². The molecule has 0 saturated carbocycles. The van der Waals surface area contributed by atoms with Gasteiger partial charge in [-0.3, -0.25) is 4.79 Å². The Bertz CT molecular complexity index is 637. The van der Waals surface area contributed by atoms with Gasteiger partial charge in [-0.15, -0.1) is 0 Å². The van der Waals surface area contributed by atoms with Crippen molar-refractivity contribution < 1.29 is 9.53 Å². The Morgan fingerprint density at radius 2 is 1.95 bits per heavy atom. The maximum Gasteiger partial charge on any atom is 0.255 e. The number of primary amides is 1. The zero-order valence-corrected chi connectivity index (χ0v) is 11.7. The molecule has 1 aliphatic rings. The van der Waals surface area contributed by atoms with Gasteiger partial charge in [-0.1, -0.05) is 24.3 Å². The van der Waals surface area contributed by atoms with Crippen LogP contribution in [0.4, 0.5) is 5.69 Å². The smallest absolute Gasteiger partial charge is 0.255 e. The van der Waals surface area contributed by atoms with Crippen molar-refractivity contribution in [2.75, 3.05) is 11.9 Å². The summed E-state index contributed by atoms with van der Waals surface area (Å²) in [4.78, 5) is 10.7. The van der Waals surface area contributed by atoms with Gasteiger partial charge in [0.2, 0.25) is 0 Å². The van der Waals surface area contributed by atoms with E-state index >= 15 is 0 Å². The highest BCUT2D eigenvalue weighted by atomic mass is 16.5. The van der Waals surface area contributed by atoms with Crippen molar-refractivity contribution in [2.45, 2.75) is 18.9 Å². The summed E-state index contributed by atoms with van der Waals surface area (Å²) in [7, 11) is 0. The zero-order valence-electron chi connectivity index (χ0n) is 11.7. The van der Waals surface area contributed by atoms with E-state index in [1.54, 1.807) is 0 Å². The Morgan fingerprint density at radius 1 is 1.19 bits per heavy atom. The number of aryl methyl sites for hydroxylation is 1. The highest BCUT2D eigenvalue weighted by Gasteiger charge is 2.21. The van der Waals surface area contributed by atoms with Gasteiger partial charge in [-0.2, -0.15) is 0 Å². The molecule has 1 unspecified atom stereocenters. The van der Waals surface area contributed by atoms with Crippen LogP contribution in [-0.2, 0) is 11.2 Å². The molecule has 1 amide bonds. The van der Waals surface area contributed by atoms with Gasteiger partial charge in [0.25, 0.3) is 5.91 Å². The van der Waals surface area contributed by atoms with Crippen molar-refractivity contribution in [1.29, 1.82) is 0 Å². The van der Waals surface area contributed by atoms with Gasteiger partial charge in [0.05, 0.1) is 6.04 Å². The maximum absolute atomic E-state index is 10.7. The van der Waals surface area contributed by atoms with E-state index in [2.05, 4.69) is 29.6 Å². The Balaban J connectivity index is 1.65. The van der Waals surface area contributed by atoms with Gasteiger partial charge in [0.15, 0.2) is 6.61 Å². The highest BCUT2D eigenvalue weighted by Crippen LogP contribution is 2.33. The second-order valence-corrected chi connectivity index (χ2v) is 5.21. The van der Waals surface area contributed by atoms with Crippen molar-refractivity contribution in [1.82, 2.24) is 0 Å². The minimum atomic E-state index is -0.472. The summed E-state index contributed by atoms with van der Waals surface area (Å²) in [6.45, 7) is -0.0945. The van der Waals surface area contributed by atoms with E-state index in [0.29, 0.717) is 11.8 Å². The Morgan fingerprint density at radius 3 is 2.71 bits per heavy atom. The first-order valence-corrected chi connectivity index (χ1v) is 7.08. The monoisotopic (exact) mass is 282 g/mol. The molecule has 1 atom stereocenters. The van der Waals surface area contributed by atoms with E-state index in [9.17, 15) is 4.79 Å². The van der Waals surface area contributed by atoms with Gasteiger partial charge in [-0.25, -0.2) is 0 Å². The molecule has 0 bridgehead atoms. The fourth-order valence-corrected chi connectivity index (χ4v) is 2.71. The number of rotatable bonds is 5. The largest absolute Gasteiger partial charge is 0.484 e. The first-order chi connectivity index (χ1) is 10.2. The molecular weight excluding hydrogens is 264 g/mol. The van der Waals surface area contributed by atoms with E-state index in [-0.39, 0.29) is 6.61 Å². The van der Waals surface area contributed by atoms with E-state index < -0.39 is 5.91 Å². The number of nitrogens with two attached hydrogens (primary N) is 1. The number of hydrogen-bond donors (Lipinski definition) is 2. The summed E-state index contributed by atoms with van der Waals surface area (Å²) in [6, 6.07) is 16.5. The first kappa shape index (κ1) is 13.5. The standard InChI is InChI=1S/C17H18N2O2/c18-17(20)11-21-14-8-6-13(7-9-14)19-16-10-5-12-3-1-2-4-15(12)16/h1-4,6-9,16,19H,5,10-11H2,(H2,18,20). The Labute approximate surface area is 123 Å². The van der Waals surface area contributed by atoms with Crippen LogP contribution < -0.4 is 15.8 Å². The van der Waals surface area contributed by atoms with E-state index in [1.165, 1.54) is 11.1 Å². The average Bonchev–Trinajstić information content (AvgIpc) is 2.90. The molecule has 1 aliphatic carbocycles. The Kier molecular flexibility index (Phi) is 3.77. The topological polar surface area (TPSA) is 64.4 Å². The summed E-state index contributed by atoms with van der Waals surface area (Å²) in [5.41, 5.74) is 8.90. The number of anilines is 1. The lowest BCUT2D eigenvalue weighted by Crippen LogP contribution is -2.19. The normalized spacial score (nSPS) is 16.3. The minimum Gasteiger partial charge on any atom is -0.484 e. The minimum absolute atomic E-state index is 0.0945. The number of nitrogens with one attached hydrogen (secondary N) is 1. The summed E-state index contributed by atoms with van der Waals surface area (Å²) >= 11 is 0. The van der Waals surface area contributed by atoms with Crippen molar-refractivity contribution >= 4 is 11.6 Å². The van der Waals surface area contributed by atoms with Crippen LogP contribution in [0.1, 0.15) is 23.6 Å². The summed E-state index contributed by atoms with van der Waals surface area (Å²) in [5.74, 6) is 0.172. The number of carbonyl (C=O) groups is 1. The molecule has 2 aromatic carbocycles. The predicted molar refractivity (Wildman–Crippen MR) is 82.3 cm³/mol. The van der Waals surface area contributed by atoms with Crippen LogP contribution in [-0.4, -0.2) is 12.5 Å². The molecule has 0 saturated heterocycles. The number of ether oxygens (including phenoxy) is 1. The number of benzene rings is 2. The SMILES string of the molecule is NC(=O)COc1ccc(NC2CCc3ccccc32)cc1. The second kappa shape index (κ2) is 5.87. The zero-order chi connectivity index (χ0) is 14.7. The molecule has 0 spiro atoms. The lowest BCUT2D eigenvalue weighted by atomic mass is 10.1. The van der Waals surface area contributed by atoms with E-state index in [4.69, 9.17) is 10.5 Å². The molecule has 21 heavy (non-hydrogen) atoms. The van der Waals surface area contributed by atoms with Gasteiger partial charge in [-0.05, 0) is 48.2 Å². The van der Waals surface area contributed by atoms with Crippen molar-refractivity contribution in [3.8, 4) is 5.75 Å². The van der Waals surface area contributed by atoms with Crippen LogP contribution in [0.5, 0.6) is 5.75 Å². The predicted octanol–water partition coefficient (Wildman–Crippen LogP) is 2.65. The molecule has 4 heteroatoms.